The van der Waals surface area contributed by atoms with Crippen molar-refractivity contribution in [3.8, 4) is 0 Å². The fourth-order valence-electron chi connectivity index (χ4n) is 8.83. The number of fused-ring (bicyclic) bond motifs is 5. The maximum Gasteiger partial charge on any atom is 0.332 e. The van der Waals surface area contributed by atoms with E-state index in [1.165, 1.54) is 6.08 Å². The van der Waals surface area contributed by atoms with Crippen LogP contribution in [0.15, 0.2) is 23.8 Å². The van der Waals surface area contributed by atoms with Gasteiger partial charge in [0.1, 0.15) is 13.2 Å². The van der Waals surface area contributed by atoms with Crippen molar-refractivity contribution in [2.45, 2.75) is 75.9 Å². The quantitative estimate of drug-likeness (QED) is 0.0702. The minimum absolute atomic E-state index is 0.00426. The molecule has 0 saturated heterocycles. The molecule has 4 rings (SSSR count). The molecule has 1 N–H and O–H groups in total. The minimum atomic E-state index is -1.87. The molecule has 0 bridgehead atoms. The third-order valence-electron chi connectivity index (χ3n) is 11.0. The molecular formula is C32H43ClN2O15. The molecular weight excluding hydrogens is 688 g/mol. The van der Waals surface area contributed by atoms with E-state index in [0.717, 1.165) is 5.57 Å². The Labute approximate surface area is 292 Å². The SMILES string of the molecule is C[C@H]1CC2C3CCC4=CC(=O)C=C[C@]4(C)[C@@]3(Cl)[C@@H](O)C[C@]2(C)[C@@]1(OC(=O)CCCO[N+](=O)[O-])C(=O)COC(=O)COCCOCCO[N+](=O)[O-]. The van der Waals surface area contributed by atoms with Gasteiger partial charge in [0.2, 0.25) is 5.78 Å². The van der Waals surface area contributed by atoms with Crippen molar-refractivity contribution in [3.05, 3.63) is 44.0 Å². The van der Waals surface area contributed by atoms with Gasteiger partial charge in [-0.2, -0.15) is 0 Å². The molecule has 8 atom stereocenters. The summed E-state index contributed by atoms with van der Waals surface area (Å²) in [7, 11) is 0. The van der Waals surface area contributed by atoms with E-state index in [-0.39, 0.29) is 69.9 Å². The van der Waals surface area contributed by atoms with Crippen molar-refractivity contribution in [1.82, 2.24) is 0 Å². The Morgan fingerprint density at radius 1 is 0.980 bits per heavy atom. The predicted molar refractivity (Wildman–Crippen MR) is 169 cm³/mol. The Bertz CT molecular complexity index is 1420. The van der Waals surface area contributed by atoms with Gasteiger partial charge < -0.3 is 33.7 Å². The van der Waals surface area contributed by atoms with E-state index >= 15 is 0 Å². The van der Waals surface area contributed by atoms with Crippen LogP contribution < -0.4 is 0 Å². The van der Waals surface area contributed by atoms with E-state index in [9.17, 15) is 44.5 Å². The first-order chi connectivity index (χ1) is 23.5. The van der Waals surface area contributed by atoms with Crippen molar-refractivity contribution < 1.29 is 63.1 Å². The van der Waals surface area contributed by atoms with Crippen LogP contribution in [0.4, 0.5) is 0 Å². The monoisotopic (exact) mass is 730 g/mol. The number of alkyl halides is 1. The molecule has 2 unspecified atom stereocenters. The van der Waals surface area contributed by atoms with Crippen LogP contribution in [0.2, 0.25) is 0 Å². The highest BCUT2D eigenvalue weighted by Gasteiger charge is 2.76. The lowest BCUT2D eigenvalue weighted by Crippen LogP contribution is -2.69. The van der Waals surface area contributed by atoms with Gasteiger partial charge in [-0.1, -0.05) is 32.4 Å². The normalized spacial score (nSPS) is 34.0. The van der Waals surface area contributed by atoms with Gasteiger partial charge in [-0.25, -0.2) is 4.79 Å². The maximum absolute atomic E-state index is 14.3. The van der Waals surface area contributed by atoms with Crippen LogP contribution in [0.3, 0.4) is 0 Å². The molecule has 18 heteroatoms. The number of carbonyl (C=O) groups is 4. The second-order valence-electron chi connectivity index (χ2n) is 13.6. The average molecular weight is 731 g/mol. The van der Waals surface area contributed by atoms with E-state index in [1.54, 1.807) is 26.0 Å². The number of halogens is 1. The third kappa shape index (κ3) is 7.36. The molecule has 4 aliphatic rings. The topological polar surface area (TPSA) is 230 Å². The molecule has 278 valence electrons. The number of hydrogen-bond donors (Lipinski definition) is 1. The van der Waals surface area contributed by atoms with Gasteiger partial charge in [0.25, 0.3) is 10.2 Å². The standard InChI is InChI=1S/C32H43ClN2O15/c1-20-15-24-23-7-6-21-16-22(36)8-9-29(21,2)31(23,33)25(37)17-30(24,3)32(20,50-27(39)5-4-10-48-34(41)42)26(38)18-47-28(40)19-46-12-11-45-13-14-49-35(43)44/h8-9,16,20,23-25,37H,4-7,10-15,17-19H2,1-3H3/t20-,23?,24?,25-,29-,30-,31-,32-/m0/s1. The van der Waals surface area contributed by atoms with Crippen LogP contribution in [0.25, 0.3) is 0 Å². The van der Waals surface area contributed by atoms with Crippen molar-refractivity contribution >= 4 is 35.1 Å². The highest BCUT2D eigenvalue weighted by molar-refractivity contribution is 6.26. The molecule has 0 aromatic heterocycles. The van der Waals surface area contributed by atoms with E-state index in [2.05, 4.69) is 9.68 Å². The Morgan fingerprint density at radius 2 is 1.64 bits per heavy atom. The van der Waals surface area contributed by atoms with Gasteiger partial charge in [-0.3, -0.25) is 14.4 Å². The fourth-order valence-corrected chi connectivity index (χ4v) is 9.35. The zero-order valence-electron chi connectivity index (χ0n) is 28.2. The number of aliphatic hydroxyl groups excluding tert-OH is 1. The van der Waals surface area contributed by atoms with Crippen molar-refractivity contribution in [3.63, 3.8) is 0 Å². The van der Waals surface area contributed by atoms with Crippen molar-refractivity contribution in [2.75, 3.05) is 46.2 Å². The molecule has 0 heterocycles. The summed E-state index contributed by atoms with van der Waals surface area (Å²) >= 11 is 7.53. The van der Waals surface area contributed by atoms with E-state index < -0.39 is 74.4 Å². The Morgan fingerprint density at radius 3 is 2.34 bits per heavy atom. The van der Waals surface area contributed by atoms with Crippen LogP contribution in [0.1, 0.15) is 59.3 Å². The Hall–Kier alpha value is -3.67. The highest BCUT2D eigenvalue weighted by atomic mass is 35.5. The number of carbonyl (C=O) groups excluding carboxylic acids is 4. The number of esters is 2. The van der Waals surface area contributed by atoms with Gasteiger partial charge in [-0.15, -0.1) is 31.8 Å². The molecule has 0 amide bonds. The van der Waals surface area contributed by atoms with Gasteiger partial charge in [0, 0.05) is 23.2 Å². The van der Waals surface area contributed by atoms with Crippen LogP contribution in [0, 0.1) is 48.8 Å². The number of ketones is 2. The fraction of sp³-hybridized carbons (Fsp3) is 0.750. The lowest BCUT2D eigenvalue weighted by Gasteiger charge is -2.64. The zero-order chi connectivity index (χ0) is 36.9. The van der Waals surface area contributed by atoms with Gasteiger partial charge >= 0.3 is 11.9 Å². The lowest BCUT2D eigenvalue weighted by atomic mass is 9.45. The molecule has 17 nitrogen and oxygen atoms in total. The van der Waals surface area contributed by atoms with Crippen molar-refractivity contribution in [2.24, 2.45) is 28.6 Å². The number of rotatable bonds is 18. The average Bonchev–Trinajstić information content (AvgIpc) is 3.26. The molecule has 4 aliphatic carbocycles. The van der Waals surface area contributed by atoms with Crippen LogP contribution >= 0.6 is 11.6 Å². The smallest absolute Gasteiger partial charge is 0.332 e. The zero-order valence-corrected chi connectivity index (χ0v) is 28.9. The van der Waals surface area contributed by atoms with Crippen LogP contribution in [-0.2, 0) is 47.8 Å². The molecule has 0 radical (unpaired) electrons. The molecule has 3 fully saturated rings. The molecule has 0 spiro atoms. The summed E-state index contributed by atoms with van der Waals surface area (Å²) in [5, 5.41) is 30.8. The summed E-state index contributed by atoms with van der Waals surface area (Å²) in [5.74, 6) is -3.89. The first-order valence-corrected chi connectivity index (χ1v) is 16.8. The van der Waals surface area contributed by atoms with Crippen LogP contribution in [-0.4, -0.2) is 102 Å². The van der Waals surface area contributed by atoms with E-state index in [4.69, 9.17) is 30.5 Å². The van der Waals surface area contributed by atoms with Crippen molar-refractivity contribution in [1.29, 1.82) is 0 Å². The first-order valence-electron chi connectivity index (χ1n) is 16.4. The summed E-state index contributed by atoms with van der Waals surface area (Å²) in [6, 6.07) is 0. The number of ether oxygens (including phenoxy) is 4. The summed E-state index contributed by atoms with van der Waals surface area (Å²) < 4.78 is 21.7. The summed E-state index contributed by atoms with van der Waals surface area (Å²) in [5.41, 5.74) is -3.08. The first kappa shape index (κ1) is 39.1. The Balaban J connectivity index is 1.52. The number of allylic oxidation sites excluding steroid dienone is 4. The third-order valence-corrected chi connectivity index (χ3v) is 11.9. The van der Waals surface area contributed by atoms with Gasteiger partial charge in [-0.05, 0) is 56.1 Å². The van der Waals surface area contributed by atoms with Gasteiger partial charge in [0.15, 0.2) is 18.0 Å². The van der Waals surface area contributed by atoms with E-state index in [1.807, 2.05) is 6.92 Å². The lowest BCUT2D eigenvalue weighted by molar-refractivity contribution is -0.758. The molecule has 0 aromatic rings. The second kappa shape index (κ2) is 15.7. The maximum atomic E-state index is 14.3. The number of nitrogens with zero attached hydrogens (tertiary/aromatic N) is 2. The largest absolute Gasteiger partial charge is 0.456 e. The van der Waals surface area contributed by atoms with Crippen LogP contribution in [0.5, 0.6) is 0 Å². The van der Waals surface area contributed by atoms with E-state index in [0.29, 0.717) is 19.3 Å². The minimum Gasteiger partial charge on any atom is -0.456 e. The number of Topliss-reactive ketones (excluding diaryl/α,β-unsaturated/α-hetero) is 1. The number of aliphatic hydroxyl groups is 1. The highest BCUT2D eigenvalue weighted by Crippen LogP contribution is 2.72. The number of hydrogen-bond acceptors (Lipinski definition) is 15. The second-order valence-corrected chi connectivity index (χ2v) is 14.2. The van der Waals surface area contributed by atoms with Gasteiger partial charge in [0.05, 0.1) is 37.4 Å². The summed E-state index contributed by atoms with van der Waals surface area (Å²) in [4.78, 5) is 80.4. The Kier molecular flexibility index (Phi) is 12.3. The summed E-state index contributed by atoms with van der Waals surface area (Å²) in [6.07, 6.45) is 4.55. The summed E-state index contributed by atoms with van der Waals surface area (Å²) in [6.45, 7) is 3.35. The molecule has 3 saturated carbocycles. The molecule has 50 heavy (non-hydrogen) atoms. The molecule has 0 aromatic carbocycles. The predicted octanol–water partition coefficient (Wildman–Crippen LogP) is 2.50. The molecule has 0 aliphatic heterocycles.